The van der Waals surface area contributed by atoms with Gasteiger partial charge in [0, 0.05) is 7.05 Å². The minimum absolute atomic E-state index is 0.361. The van der Waals surface area contributed by atoms with Crippen molar-refractivity contribution >= 4 is 11.6 Å². The molecule has 0 atom stereocenters. The number of hydrogen-bond acceptors (Lipinski definition) is 3. The number of nitrogens with zero attached hydrogens (tertiary/aromatic N) is 3. The van der Waals surface area contributed by atoms with E-state index in [0.717, 1.165) is 5.82 Å². The summed E-state index contributed by atoms with van der Waals surface area (Å²) in [5, 5.41) is 4.54. The standard InChI is InChI=1S/C10H10ClN3O/c1-14-10(12-7-13-14)6-15-9-5-3-2-4-8(9)11/h2-5,7H,6H2,1H3. The third-order valence-corrected chi connectivity index (χ3v) is 2.31. The van der Waals surface area contributed by atoms with Gasteiger partial charge in [-0.15, -0.1) is 0 Å². The number of halogens is 1. The molecule has 2 aromatic rings. The molecule has 0 fully saturated rings. The van der Waals surface area contributed by atoms with Gasteiger partial charge >= 0.3 is 0 Å². The van der Waals surface area contributed by atoms with Crippen molar-refractivity contribution < 1.29 is 4.74 Å². The number of hydrogen-bond donors (Lipinski definition) is 0. The second kappa shape index (κ2) is 4.31. The molecule has 5 heteroatoms. The predicted octanol–water partition coefficient (Wildman–Crippen LogP) is 2.05. The van der Waals surface area contributed by atoms with Crippen LogP contribution in [-0.4, -0.2) is 14.8 Å². The number of ether oxygens (including phenoxy) is 1. The minimum atomic E-state index is 0.361. The fourth-order valence-corrected chi connectivity index (χ4v) is 1.35. The molecule has 4 nitrogen and oxygen atoms in total. The summed E-state index contributed by atoms with van der Waals surface area (Å²) >= 11 is 5.94. The minimum Gasteiger partial charge on any atom is -0.484 e. The third-order valence-electron chi connectivity index (χ3n) is 2.00. The number of aromatic nitrogens is 3. The molecule has 0 aliphatic carbocycles. The van der Waals surface area contributed by atoms with Gasteiger partial charge in [-0.25, -0.2) is 4.98 Å². The Kier molecular flexibility index (Phi) is 2.87. The van der Waals surface area contributed by atoms with Gasteiger partial charge in [-0.05, 0) is 12.1 Å². The zero-order chi connectivity index (χ0) is 10.7. The normalized spacial score (nSPS) is 10.3. The lowest BCUT2D eigenvalue weighted by Gasteiger charge is -2.06. The van der Waals surface area contributed by atoms with Crippen molar-refractivity contribution in [1.29, 1.82) is 0 Å². The molecule has 0 saturated heterocycles. The SMILES string of the molecule is Cn1ncnc1COc1ccccc1Cl. The van der Waals surface area contributed by atoms with E-state index >= 15 is 0 Å². The van der Waals surface area contributed by atoms with Crippen LogP contribution in [-0.2, 0) is 13.7 Å². The monoisotopic (exact) mass is 223 g/mol. The molecule has 1 aromatic carbocycles. The van der Waals surface area contributed by atoms with E-state index in [2.05, 4.69) is 10.1 Å². The Bertz CT molecular complexity index is 455. The zero-order valence-corrected chi connectivity index (χ0v) is 8.98. The van der Waals surface area contributed by atoms with Crippen molar-refractivity contribution in [2.45, 2.75) is 6.61 Å². The molecule has 0 saturated carbocycles. The van der Waals surface area contributed by atoms with Crippen LogP contribution in [0.5, 0.6) is 5.75 Å². The van der Waals surface area contributed by atoms with E-state index in [1.165, 1.54) is 6.33 Å². The van der Waals surface area contributed by atoms with Gasteiger partial charge in [0.05, 0.1) is 5.02 Å². The second-order valence-electron chi connectivity index (χ2n) is 3.02. The van der Waals surface area contributed by atoms with Crippen LogP contribution in [0, 0.1) is 0 Å². The summed E-state index contributed by atoms with van der Waals surface area (Å²) in [7, 11) is 1.82. The first-order valence-electron chi connectivity index (χ1n) is 4.47. The largest absolute Gasteiger partial charge is 0.484 e. The third kappa shape index (κ3) is 2.27. The second-order valence-corrected chi connectivity index (χ2v) is 3.43. The van der Waals surface area contributed by atoms with Crippen molar-refractivity contribution in [3.8, 4) is 5.75 Å². The molecule has 0 unspecified atom stereocenters. The molecule has 15 heavy (non-hydrogen) atoms. The summed E-state index contributed by atoms with van der Waals surface area (Å²) in [6.07, 6.45) is 1.49. The fourth-order valence-electron chi connectivity index (χ4n) is 1.15. The molecular weight excluding hydrogens is 214 g/mol. The van der Waals surface area contributed by atoms with Gasteiger partial charge in [-0.2, -0.15) is 5.10 Å². The maximum Gasteiger partial charge on any atom is 0.164 e. The molecule has 0 aliphatic rings. The highest BCUT2D eigenvalue weighted by atomic mass is 35.5. The Morgan fingerprint density at radius 3 is 2.87 bits per heavy atom. The predicted molar refractivity (Wildman–Crippen MR) is 56.8 cm³/mol. The Hall–Kier alpha value is -1.55. The van der Waals surface area contributed by atoms with Gasteiger partial charge in [0.15, 0.2) is 5.82 Å². The molecule has 0 spiro atoms. The highest BCUT2D eigenvalue weighted by molar-refractivity contribution is 6.32. The highest BCUT2D eigenvalue weighted by Gasteiger charge is 2.03. The first-order chi connectivity index (χ1) is 7.27. The molecule has 0 amide bonds. The van der Waals surface area contributed by atoms with E-state index in [9.17, 15) is 0 Å². The van der Waals surface area contributed by atoms with Crippen LogP contribution in [0.15, 0.2) is 30.6 Å². The average Bonchev–Trinajstić information content (AvgIpc) is 2.63. The van der Waals surface area contributed by atoms with Crippen LogP contribution in [0.3, 0.4) is 0 Å². The van der Waals surface area contributed by atoms with Gasteiger partial charge in [-0.1, -0.05) is 23.7 Å². The van der Waals surface area contributed by atoms with Crippen LogP contribution >= 0.6 is 11.6 Å². The summed E-state index contributed by atoms with van der Waals surface area (Å²) in [6, 6.07) is 7.33. The van der Waals surface area contributed by atoms with Crippen LogP contribution in [0.1, 0.15) is 5.82 Å². The molecule has 1 heterocycles. The summed E-state index contributed by atoms with van der Waals surface area (Å²) in [5.74, 6) is 1.41. The molecule has 78 valence electrons. The van der Waals surface area contributed by atoms with Crippen molar-refractivity contribution in [2.24, 2.45) is 7.05 Å². The van der Waals surface area contributed by atoms with Crippen molar-refractivity contribution in [2.75, 3.05) is 0 Å². The molecule has 0 radical (unpaired) electrons. The van der Waals surface area contributed by atoms with Crippen molar-refractivity contribution in [1.82, 2.24) is 14.8 Å². The number of benzene rings is 1. The first-order valence-corrected chi connectivity index (χ1v) is 4.85. The average molecular weight is 224 g/mol. The fraction of sp³-hybridized carbons (Fsp3) is 0.200. The lowest BCUT2D eigenvalue weighted by atomic mass is 10.3. The summed E-state index contributed by atoms with van der Waals surface area (Å²) < 4.78 is 7.17. The molecular formula is C10H10ClN3O. The molecule has 0 N–H and O–H groups in total. The number of para-hydroxylation sites is 1. The van der Waals surface area contributed by atoms with E-state index in [-0.39, 0.29) is 0 Å². The summed E-state index contributed by atoms with van der Waals surface area (Å²) in [5.41, 5.74) is 0. The molecule has 0 bridgehead atoms. The highest BCUT2D eigenvalue weighted by Crippen LogP contribution is 2.23. The summed E-state index contributed by atoms with van der Waals surface area (Å²) in [6.45, 7) is 0.361. The number of rotatable bonds is 3. The van der Waals surface area contributed by atoms with E-state index in [0.29, 0.717) is 17.4 Å². The first kappa shape index (κ1) is 9.98. The van der Waals surface area contributed by atoms with E-state index < -0.39 is 0 Å². The molecule has 2 rings (SSSR count). The van der Waals surface area contributed by atoms with Crippen LogP contribution in [0.4, 0.5) is 0 Å². The van der Waals surface area contributed by atoms with Gasteiger partial charge < -0.3 is 4.74 Å². The van der Waals surface area contributed by atoms with E-state index in [1.54, 1.807) is 10.7 Å². The van der Waals surface area contributed by atoms with Crippen molar-refractivity contribution in [3.05, 3.63) is 41.4 Å². The topological polar surface area (TPSA) is 39.9 Å². The van der Waals surface area contributed by atoms with Crippen LogP contribution in [0.25, 0.3) is 0 Å². The lowest BCUT2D eigenvalue weighted by molar-refractivity contribution is 0.290. The Morgan fingerprint density at radius 2 is 2.20 bits per heavy atom. The number of aryl methyl sites for hydroxylation is 1. The molecule has 1 aromatic heterocycles. The summed E-state index contributed by atoms with van der Waals surface area (Å²) in [4.78, 5) is 4.04. The van der Waals surface area contributed by atoms with Crippen LogP contribution < -0.4 is 4.74 Å². The Morgan fingerprint density at radius 1 is 1.40 bits per heavy atom. The van der Waals surface area contributed by atoms with Gasteiger partial charge in [-0.3, -0.25) is 4.68 Å². The molecule has 0 aliphatic heterocycles. The quantitative estimate of drug-likeness (QED) is 0.800. The Labute approximate surface area is 92.5 Å². The van der Waals surface area contributed by atoms with Crippen LogP contribution in [0.2, 0.25) is 5.02 Å². The van der Waals surface area contributed by atoms with Gasteiger partial charge in [0.25, 0.3) is 0 Å². The van der Waals surface area contributed by atoms with Crippen molar-refractivity contribution in [3.63, 3.8) is 0 Å². The lowest BCUT2D eigenvalue weighted by Crippen LogP contribution is -2.04. The van der Waals surface area contributed by atoms with Gasteiger partial charge in [0.1, 0.15) is 18.7 Å². The maximum absolute atomic E-state index is 5.94. The van der Waals surface area contributed by atoms with Gasteiger partial charge in [0.2, 0.25) is 0 Å². The smallest absolute Gasteiger partial charge is 0.164 e. The van der Waals surface area contributed by atoms with E-state index in [4.69, 9.17) is 16.3 Å². The Balaban J connectivity index is 2.06. The zero-order valence-electron chi connectivity index (χ0n) is 8.22. The maximum atomic E-state index is 5.94. The van der Waals surface area contributed by atoms with E-state index in [1.807, 2.05) is 25.2 Å².